The van der Waals surface area contributed by atoms with Crippen LogP contribution in [0.5, 0.6) is 0 Å². The maximum absolute atomic E-state index is 8.34. The van der Waals surface area contributed by atoms with Crippen LogP contribution in [0.2, 0.25) is 10.0 Å². The maximum atomic E-state index is 8.34. The first-order valence-electron chi connectivity index (χ1n) is 4.30. The molecule has 0 unspecified atom stereocenters. The van der Waals surface area contributed by atoms with Gasteiger partial charge in [0.15, 0.2) is 0 Å². The van der Waals surface area contributed by atoms with E-state index in [2.05, 4.69) is 11.4 Å². The normalized spacial score (nSPS) is 9.50. The van der Waals surface area contributed by atoms with Crippen LogP contribution in [-0.2, 0) is 0 Å². The molecule has 0 atom stereocenters. The number of hydrogen-bond acceptors (Lipinski definition) is 2. The fourth-order valence-electron chi connectivity index (χ4n) is 1.03. The van der Waals surface area contributed by atoms with Crippen molar-refractivity contribution in [3.05, 3.63) is 28.2 Å². The van der Waals surface area contributed by atoms with Gasteiger partial charge in [-0.1, -0.05) is 29.3 Å². The van der Waals surface area contributed by atoms with Gasteiger partial charge in [0.25, 0.3) is 0 Å². The van der Waals surface area contributed by atoms with E-state index in [1.54, 1.807) is 6.07 Å². The highest BCUT2D eigenvalue weighted by atomic mass is 35.5. The second kappa shape index (κ2) is 5.74. The lowest BCUT2D eigenvalue weighted by Crippen LogP contribution is -2.01. The number of nitrogens with zero attached hydrogens (tertiary/aromatic N) is 1. The summed E-state index contributed by atoms with van der Waals surface area (Å²) in [6.45, 7) is 0.730. The van der Waals surface area contributed by atoms with Crippen molar-refractivity contribution in [3.8, 4) is 6.07 Å². The molecular weight excluding hydrogens is 219 g/mol. The number of hydrogen-bond donors (Lipinski definition) is 1. The number of rotatable bonds is 4. The number of benzene rings is 1. The Labute approximate surface area is 93.4 Å². The van der Waals surface area contributed by atoms with Gasteiger partial charge < -0.3 is 5.32 Å². The second-order valence-electron chi connectivity index (χ2n) is 2.79. The third kappa shape index (κ3) is 3.10. The zero-order valence-corrected chi connectivity index (χ0v) is 9.07. The number of nitrogens with one attached hydrogen (secondary N) is 1. The molecule has 0 bridgehead atoms. The van der Waals surface area contributed by atoms with Crippen LogP contribution in [-0.4, -0.2) is 6.54 Å². The summed E-state index contributed by atoms with van der Waals surface area (Å²) in [6, 6.07) is 7.52. The Kier molecular flexibility index (Phi) is 4.58. The van der Waals surface area contributed by atoms with Crippen LogP contribution in [0.25, 0.3) is 0 Å². The molecule has 0 aliphatic rings. The van der Waals surface area contributed by atoms with Crippen molar-refractivity contribution < 1.29 is 0 Å². The Bertz CT molecular complexity index is 344. The van der Waals surface area contributed by atoms with Crippen LogP contribution in [0.1, 0.15) is 12.8 Å². The zero-order valence-electron chi connectivity index (χ0n) is 7.56. The molecule has 0 saturated heterocycles. The van der Waals surface area contributed by atoms with Gasteiger partial charge >= 0.3 is 0 Å². The molecule has 1 aromatic carbocycles. The third-order valence-corrected chi connectivity index (χ3v) is 2.55. The molecule has 0 aliphatic heterocycles. The molecule has 0 heterocycles. The summed E-state index contributed by atoms with van der Waals surface area (Å²) in [6.07, 6.45) is 1.35. The van der Waals surface area contributed by atoms with Crippen molar-refractivity contribution >= 4 is 28.9 Å². The van der Waals surface area contributed by atoms with E-state index in [4.69, 9.17) is 28.5 Å². The maximum Gasteiger partial charge on any atom is 0.0823 e. The Morgan fingerprint density at radius 3 is 2.86 bits per heavy atom. The monoisotopic (exact) mass is 228 g/mol. The third-order valence-electron chi connectivity index (χ3n) is 1.73. The molecule has 1 aromatic rings. The molecule has 0 saturated carbocycles. The topological polar surface area (TPSA) is 35.8 Å². The highest BCUT2D eigenvalue weighted by molar-refractivity contribution is 6.43. The molecule has 0 fully saturated rings. The van der Waals surface area contributed by atoms with Gasteiger partial charge in [-0.3, -0.25) is 0 Å². The molecule has 14 heavy (non-hydrogen) atoms. The number of halogens is 2. The van der Waals surface area contributed by atoms with Crippen molar-refractivity contribution in [2.75, 3.05) is 11.9 Å². The molecule has 0 spiro atoms. The largest absolute Gasteiger partial charge is 0.384 e. The molecule has 0 aliphatic carbocycles. The van der Waals surface area contributed by atoms with E-state index in [9.17, 15) is 0 Å². The number of unbranched alkanes of at least 4 members (excludes halogenated alkanes) is 1. The highest BCUT2D eigenvalue weighted by Gasteiger charge is 2.02. The van der Waals surface area contributed by atoms with Crippen molar-refractivity contribution in [2.24, 2.45) is 0 Å². The summed E-state index contributed by atoms with van der Waals surface area (Å²) in [5, 5.41) is 12.5. The number of nitriles is 1. The molecule has 1 N–H and O–H groups in total. The summed E-state index contributed by atoms with van der Waals surface area (Å²) < 4.78 is 0. The van der Waals surface area contributed by atoms with Gasteiger partial charge in [-0.05, 0) is 18.6 Å². The van der Waals surface area contributed by atoms with Crippen LogP contribution < -0.4 is 5.32 Å². The summed E-state index contributed by atoms with van der Waals surface area (Å²) in [5.74, 6) is 0. The fraction of sp³-hybridized carbons (Fsp3) is 0.300. The predicted molar refractivity (Wildman–Crippen MR) is 59.8 cm³/mol. The first kappa shape index (κ1) is 11.2. The molecule has 2 nitrogen and oxygen atoms in total. The Balaban J connectivity index is 2.51. The van der Waals surface area contributed by atoms with Gasteiger partial charge in [-0.25, -0.2) is 0 Å². The smallest absolute Gasteiger partial charge is 0.0823 e. The lowest BCUT2D eigenvalue weighted by Gasteiger charge is -2.07. The van der Waals surface area contributed by atoms with Gasteiger partial charge in [0, 0.05) is 13.0 Å². The van der Waals surface area contributed by atoms with Gasteiger partial charge in [0.2, 0.25) is 0 Å². The van der Waals surface area contributed by atoms with Crippen molar-refractivity contribution in [3.63, 3.8) is 0 Å². The SMILES string of the molecule is N#CCCCNc1cccc(Cl)c1Cl. The Morgan fingerprint density at radius 2 is 2.14 bits per heavy atom. The van der Waals surface area contributed by atoms with Crippen LogP contribution in [0, 0.1) is 11.3 Å². The van der Waals surface area contributed by atoms with E-state index >= 15 is 0 Å². The Hall–Kier alpha value is -0.910. The molecule has 4 heteroatoms. The average molecular weight is 229 g/mol. The quantitative estimate of drug-likeness (QED) is 0.798. The van der Waals surface area contributed by atoms with Crippen molar-refractivity contribution in [1.82, 2.24) is 0 Å². The molecule has 0 radical (unpaired) electrons. The van der Waals surface area contributed by atoms with Gasteiger partial charge in [0.05, 0.1) is 21.8 Å². The molecule has 0 aromatic heterocycles. The second-order valence-corrected chi connectivity index (χ2v) is 3.57. The van der Waals surface area contributed by atoms with E-state index in [0.717, 1.165) is 18.7 Å². The van der Waals surface area contributed by atoms with Crippen molar-refractivity contribution in [2.45, 2.75) is 12.8 Å². The summed E-state index contributed by atoms with van der Waals surface area (Å²) in [7, 11) is 0. The zero-order chi connectivity index (χ0) is 10.4. The highest BCUT2D eigenvalue weighted by Crippen LogP contribution is 2.29. The summed E-state index contributed by atoms with van der Waals surface area (Å²) in [4.78, 5) is 0. The molecule has 0 amide bonds. The van der Waals surface area contributed by atoms with E-state index < -0.39 is 0 Å². The van der Waals surface area contributed by atoms with E-state index in [-0.39, 0.29) is 0 Å². The Morgan fingerprint density at radius 1 is 1.36 bits per heavy atom. The molecular formula is C10H10Cl2N2. The van der Waals surface area contributed by atoms with Crippen LogP contribution in [0.15, 0.2) is 18.2 Å². The minimum atomic E-state index is 0.533. The average Bonchev–Trinajstić information content (AvgIpc) is 2.19. The van der Waals surface area contributed by atoms with Gasteiger partial charge in [-0.2, -0.15) is 5.26 Å². The fourth-order valence-corrected chi connectivity index (χ4v) is 1.40. The van der Waals surface area contributed by atoms with Crippen LogP contribution in [0.4, 0.5) is 5.69 Å². The summed E-state index contributed by atoms with van der Waals surface area (Å²) >= 11 is 11.8. The number of anilines is 1. The first-order valence-corrected chi connectivity index (χ1v) is 5.06. The van der Waals surface area contributed by atoms with Crippen molar-refractivity contribution in [1.29, 1.82) is 5.26 Å². The van der Waals surface area contributed by atoms with Gasteiger partial charge in [0.1, 0.15) is 0 Å². The van der Waals surface area contributed by atoms with Gasteiger partial charge in [-0.15, -0.1) is 0 Å². The van der Waals surface area contributed by atoms with Crippen LogP contribution >= 0.6 is 23.2 Å². The van der Waals surface area contributed by atoms with E-state index in [0.29, 0.717) is 16.5 Å². The first-order chi connectivity index (χ1) is 6.75. The van der Waals surface area contributed by atoms with Crippen LogP contribution in [0.3, 0.4) is 0 Å². The standard InChI is InChI=1S/C10H10Cl2N2/c11-8-4-3-5-9(10(8)12)14-7-2-1-6-13/h3-5,14H,1-2,7H2. The minimum absolute atomic E-state index is 0.533. The molecule has 74 valence electrons. The van der Waals surface area contributed by atoms with E-state index in [1.165, 1.54) is 0 Å². The predicted octanol–water partition coefficient (Wildman–Crippen LogP) is 3.71. The van der Waals surface area contributed by atoms with E-state index in [1.807, 2.05) is 12.1 Å². The lowest BCUT2D eigenvalue weighted by molar-refractivity contribution is 0.898. The molecule has 1 rings (SSSR count). The minimum Gasteiger partial charge on any atom is -0.384 e. The summed E-state index contributed by atoms with van der Waals surface area (Å²) in [5.41, 5.74) is 0.817. The lowest BCUT2D eigenvalue weighted by atomic mass is 10.3.